The van der Waals surface area contributed by atoms with E-state index in [4.69, 9.17) is 0 Å². The molecule has 1 rings (SSSR count). The molecule has 0 fully saturated rings. The van der Waals surface area contributed by atoms with Gasteiger partial charge in [-0.25, -0.2) is 0 Å². The van der Waals surface area contributed by atoms with Crippen LogP contribution in [0.25, 0.3) is 0 Å². The minimum atomic E-state index is 1.31. The van der Waals surface area contributed by atoms with Crippen molar-refractivity contribution < 1.29 is 0 Å². The van der Waals surface area contributed by atoms with Crippen LogP contribution in [-0.2, 0) is 25.7 Å². The summed E-state index contributed by atoms with van der Waals surface area (Å²) in [5.41, 5.74) is 6.97. The molecule has 0 heteroatoms. The summed E-state index contributed by atoms with van der Waals surface area (Å²) in [5, 5.41) is 0. The Morgan fingerprint density at radius 3 is 0.967 bits per heavy atom. The lowest BCUT2D eigenvalue weighted by Crippen LogP contribution is -2.06. The van der Waals surface area contributed by atoms with Gasteiger partial charge in [0.1, 0.15) is 0 Å². The van der Waals surface area contributed by atoms with Crippen LogP contribution in [-0.4, -0.2) is 0 Å². The van der Waals surface area contributed by atoms with Gasteiger partial charge in [0.15, 0.2) is 0 Å². The quantitative estimate of drug-likeness (QED) is 0.186. The summed E-state index contributed by atoms with van der Waals surface area (Å²) in [5.74, 6) is 0. The van der Waals surface area contributed by atoms with Gasteiger partial charge in [0.25, 0.3) is 0 Å². The Morgan fingerprint density at radius 1 is 0.367 bits per heavy atom. The maximum absolute atomic E-state index is 2.53. The first-order valence-corrected chi connectivity index (χ1v) is 13.9. The molecule has 0 spiro atoms. The zero-order chi connectivity index (χ0) is 21.9. The van der Waals surface area contributed by atoms with Crippen molar-refractivity contribution in [3.8, 4) is 0 Å². The highest BCUT2D eigenvalue weighted by molar-refractivity contribution is 5.42. The van der Waals surface area contributed by atoms with Crippen molar-refractivity contribution in [3.05, 3.63) is 34.4 Å². The SMILES string of the molecule is CCCCCCc1ccc(CCCCCC)c(CCCCCC)c1CCCCCC. The summed E-state index contributed by atoms with van der Waals surface area (Å²) in [7, 11) is 0. The fourth-order valence-corrected chi connectivity index (χ4v) is 4.82. The second-order valence-corrected chi connectivity index (χ2v) is 9.58. The first kappa shape index (κ1) is 27.3. The van der Waals surface area contributed by atoms with E-state index in [2.05, 4.69) is 39.8 Å². The fourth-order valence-electron chi connectivity index (χ4n) is 4.82. The van der Waals surface area contributed by atoms with E-state index in [1.54, 1.807) is 22.3 Å². The van der Waals surface area contributed by atoms with Crippen LogP contribution in [0.3, 0.4) is 0 Å². The van der Waals surface area contributed by atoms with Crippen molar-refractivity contribution >= 4 is 0 Å². The van der Waals surface area contributed by atoms with Crippen LogP contribution in [0.2, 0.25) is 0 Å². The summed E-state index contributed by atoms with van der Waals surface area (Å²) >= 11 is 0. The van der Waals surface area contributed by atoms with E-state index in [0.717, 1.165) is 0 Å². The molecule has 0 N–H and O–H groups in total. The zero-order valence-corrected chi connectivity index (χ0v) is 21.3. The molecule has 0 unspecified atom stereocenters. The molecule has 0 nitrogen and oxygen atoms in total. The minimum Gasteiger partial charge on any atom is -0.0654 e. The van der Waals surface area contributed by atoms with E-state index in [1.165, 1.54) is 128 Å². The van der Waals surface area contributed by atoms with Crippen molar-refractivity contribution in [1.29, 1.82) is 0 Å². The van der Waals surface area contributed by atoms with Gasteiger partial charge in [0.05, 0.1) is 0 Å². The molecule has 0 saturated heterocycles. The Morgan fingerprint density at radius 2 is 0.667 bits per heavy atom. The molecule has 0 radical (unpaired) electrons. The van der Waals surface area contributed by atoms with E-state index in [1.807, 2.05) is 0 Å². The highest BCUT2D eigenvalue weighted by atomic mass is 14.2. The van der Waals surface area contributed by atoms with E-state index < -0.39 is 0 Å². The lowest BCUT2D eigenvalue weighted by Gasteiger charge is -2.20. The number of hydrogen-bond acceptors (Lipinski definition) is 0. The summed E-state index contributed by atoms with van der Waals surface area (Å²) in [6, 6.07) is 5.07. The standard InChI is InChI=1S/C30H54/c1-5-9-13-17-21-27-25-26-28(22-18-14-10-6-2)30(24-20-16-12-8-4)29(27)23-19-15-11-7-3/h25-26H,5-24H2,1-4H3. The molecule has 0 heterocycles. The van der Waals surface area contributed by atoms with Crippen molar-refractivity contribution in [1.82, 2.24) is 0 Å². The summed E-state index contributed by atoms with van der Waals surface area (Å²) in [6.07, 6.45) is 27.3. The number of unbranched alkanes of at least 4 members (excludes halogenated alkanes) is 12. The number of aryl methyl sites for hydroxylation is 2. The Labute approximate surface area is 190 Å². The third kappa shape index (κ3) is 11.6. The van der Waals surface area contributed by atoms with E-state index >= 15 is 0 Å². The number of benzene rings is 1. The Kier molecular flexibility index (Phi) is 17.2. The van der Waals surface area contributed by atoms with Crippen molar-refractivity contribution in [3.63, 3.8) is 0 Å². The molecule has 1 aromatic carbocycles. The molecule has 0 saturated carbocycles. The van der Waals surface area contributed by atoms with Gasteiger partial charge in [0, 0.05) is 0 Å². The van der Waals surface area contributed by atoms with Gasteiger partial charge in [-0.15, -0.1) is 0 Å². The third-order valence-electron chi connectivity index (χ3n) is 6.79. The maximum Gasteiger partial charge on any atom is -0.0273 e. The summed E-state index contributed by atoms with van der Waals surface area (Å²) in [6.45, 7) is 9.30. The first-order valence-electron chi connectivity index (χ1n) is 13.9. The molecule has 174 valence electrons. The molecule has 0 bridgehead atoms. The van der Waals surface area contributed by atoms with Crippen LogP contribution in [0.4, 0.5) is 0 Å². The van der Waals surface area contributed by atoms with Crippen molar-refractivity contribution in [2.24, 2.45) is 0 Å². The van der Waals surface area contributed by atoms with Crippen LogP contribution in [0.15, 0.2) is 12.1 Å². The Bertz CT molecular complexity index is 466. The zero-order valence-electron chi connectivity index (χ0n) is 21.3. The van der Waals surface area contributed by atoms with E-state index in [-0.39, 0.29) is 0 Å². The highest BCUT2D eigenvalue weighted by Gasteiger charge is 2.13. The molecule has 1 aromatic rings. The average Bonchev–Trinajstić information content (AvgIpc) is 2.76. The second-order valence-electron chi connectivity index (χ2n) is 9.58. The monoisotopic (exact) mass is 414 g/mol. The summed E-state index contributed by atoms with van der Waals surface area (Å²) < 4.78 is 0. The maximum atomic E-state index is 2.53. The largest absolute Gasteiger partial charge is 0.0654 e. The number of rotatable bonds is 20. The third-order valence-corrected chi connectivity index (χ3v) is 6.79. The molecule has 0 amide bonds. The second kappa shape index (κ2) is 18.9. The molecule has 0 aliphatic rings. The van der Waals surface area contributed by atoms with Gasteiger partial charge in [-0.1, -0.05) is 117 Å². The van der Waals surface area contributed by atoms with Gasteiger partial charge in [-0.2, -0.15) is 0 Å². The van der Waals surface area contributed by atoms with Gasteiger partial charge in [-0.3, -0.25) is 0 Å². The van der Waals surface area contributed by atoms with Crippen LogP contribution < -0.4 is 0 Å². The first-order chi connectivity index (χ1) is 14.8. The lowest BCUT2D eigenvalue weighted by atomic mass is 9.85. The average molecular weight is 415 g/mol. The molecule has 30 heavy (non-hydrogen) atoms. The summed E-state index contributed by atoms with van der Waals surface area (Å²) in [4.78, 5) is 0. The predicted molar refractivity (Wildman–Crippen MR) is 138 cm³/mol. The van der Waals surface area contributed by atoms with Gasteiger partial charge >= 0.3 is 0 Å². The lowest BCUT2D eigenvalue weighted by molar-refractivity contribution is 0.631. The van der Waals surface area contributed by atoms with Gasteiger partial charge in [0.2, 0.25) is 0 Å². The van der Waals surface area contributed by atoms with Crippen LogP contribution in [0.1, 0.15) is 153 Å². The van der Waals surface area contributed by atoms with Crippen LogP contribution >= 0.6 is 0 Å². The smallest absolute Gasteiger partial charge is 0.0273 e. The molecule has 0 aliphatic carbocycles. The van der Waals surface area contributed by atoms with Crippen LogP contribution in [0, 0.1) is 0 Å². The minimum absolute atomic E-state index is 1.31. The van der Waals surface area contributed by atoms with E-state index in [9.17, 15) is 0 Å². The topological polar surface area (TPSA) is 0 Å². The Hall–Kier alpha value is -0.780. The van der Waals surface area contributed by atoms with Crippen LogP contribution in [0.5, 0.6) is 0 Å². The van der Waals surface area contributed by atoms with Crippen molar-refractivity contribution in [2.45, 2.75) is 156 Å². The molecule has 0 atom stereocenters. The normalized spacial score (nSPS) is 11.3. The molecule has 0 aromatic heterocycles. The molecule has 0 aliphatic heterocycles. The van der Waals surface area contributed by atoms with Gasteiger partial charge in [-0.05, 0) is 73.6 Å². The predicted octanol–water partition coefficient (Wildman–Crippen LogP) is 10.2. The highest BCUT2D eigenvalue weighted by Crippen LogP contribution is 2.27. The van der Waals surface area contributed by atoms with Gasteiger partial charge < -0.3 is 0 Å². The fraction of sp³-hybridized carbons (Fsp3) is 0.800. The molecular weight excluding hydrogens is 360 g/mol. The molecular formula is C30H54. The Balaban J connectivity index is 2.99. The van der Waals surface area contributed by atoms with Crippen molar-refractivity contribution in [2.75, 3.05) is 0 Å². The number of hydrogen-bond donors (Lipinski definition) is 0. The van der Waals surface area contributed by atoms with E-state index in [0.29, 0.717) is 0 Å².